The van der Waals surface area contributed by atoms with Crippen LogP contribution in [0.3, 0.4) is 0 Å². The highest BCUT2D eigenvalue weighted by Gasteiger charge is 2.27. The highest BCUT2D eigenvalue weighted by molar-refractivity contribution is 5.97. The van der Waals surface area contributed by atoms with Gasteiger partial charge in [-0.15, -0.1) is 0 Å². The second kappa shape index (κ2) is 5.36. The van der Waals surface area contributed by atoms with Crippen LogP contribution in [0.5, 0.6) is 0 Å². The minimum atomic E-state index is -0.638. The van der Waals surface area contributed by atoms with E-state index in [4.69, 9.17) is 0 Å². The van der Waals surface area contributed by atoms with Crippen molar-refractivity contribution in [1.82, 2.24) is 4.90 Å². The predicted octanol–water partition coefficient (Wildman–Crippen LogP) is 0.991. The minimum absolute atomic E-state index is 0.0969. The number of anilines is 1. The molecule has 0 unspecified atom stereocenters. The van der Waals surface area contributed by atoms with Gasteiger partial charge in [-0.3, -0.25) is 9.59 Å². The topological polar surface area (TPSA) is 69.6 Å². The molecule has 0 bridgehead atoms. The number of nitrogens with zero attached hydrogens (tertiary/aromatic N) is 1. The van der Waals surface area contributed by atoms with Crippen molar-refractivity contribution in [2.24, 2.45) is 0 Å². The van der Waals surface area contributed by atoms with Gasteiger partial charge < -0.3 is 15.3 Å². The van der Waals surface area contributed by atoms with E-state index in [1.807, 2.05) is 0 Å². The first kappa shape index (κ1) is 13.5. The van der Waals surface area contributed by atoms with E-state index in [1.54, 1.807) is 0 Å². The predicted molar refractivity (Wildman–Crippen MR) is 67.2 cm³/mol. The average Bonchev–Trinajstić information content (AvgIpc) is 2.77. The number of β-amino-alcohol motifs (C(OH)–C–C–N with tert-alkyl or cyclic N) is 1. The molecule has 5 nitrogen and oxygen atoms in total. The molecule has 1 saturated heterocycles. The number of likely N-dealkylation sites (tertiary alicyclic amines) is 1. The number of nitrogens with one attached hydrogen (secondary N) is 1. The minimum Gasteiger partial charge on any atom is -0.391 e. The second-order valence-electron chi connectivity index (χ2n) is 4.57. The maximum absolute atomic E-state index is 13.7. The van der Waals surface area contributed by atoms with E-state index in [1.165, 1.54) is 24.0 Å². The lowest BCUT2D eigenvalue weighted by Gasteiger charge is -2.16. The average molecular weight is 266 g/mol. The molecule has 1 fully saturated rings. The third-order valence-electron chi connectivity index (χ3n) is 2.97. The van der Waals surface area contributed by atoms with E-state index in [2.05, 4.69) is 5.32 Å². The van der Waals surface area contributed by atoms with Crippen LogP contribution in [0.15, 0.2) is 18.2 Å². The van der Waals surface area contributed by atoms with E-state index in [-0.39, 0.29) is 18.0 Å². The van der Waals surface area contributed by atoms with Crippen LogP contribution in [0.25, 0.3) is 0 Å². The zero-order chi connectivity index (χ0) is 14.0. The van der Waals surface area contributed by atoms with Crippen molar-refractivity contribution >= 4 is 17.5 Å². The standard InChI is InChI=1S/C13H15FN2O3/c1-8(17)15-9-2-3-12(14)11(6-9)13(19)16-5-4-10(18)7-16/h2-3,6,10,18H,4-5,7H2,1H3,(H,15,17)/t10-/m1/s1. The Morgan fingerprint density at radius 2 is 2.21 bits per heavy atom. The van der Waals surface area contributed by atoms with Crippen LogP contribution in [0.1, 0.15) is 23.7 Å². The zero-order valence-corrected chi connectivity index (χ0v) is 10.5. The number of benzene rings is 1. The summed E-state index contributed by atoms with van der Waals surface area (Å²) in [4.78, 5) is 24.5. The molecule has 2 rings (SSSR count). The number of carbonyl (C=O) groups is 2. The maximum atomic E-state index is 13.7. The Hall–Kier alpha value is -1.95. The Morgan fingerprint density at radius 3 is 2.79 bits per heavy atom. The van der Waals surface area contributed by atoms with Gasteiger partial charge in [0, 0.05) is 25.7 Å². The van der Waals surface area contributed by atoms with Gasteiger partial charge in [-0.25, -0.2) is 4.39 Å². The molecular weight excluding hydrogens is 251 g/mol. The van der Waals surface area contributed by atoms with Gasteiger partial charge >= 0.3 is 0 Å². The van der Waals surface area contributed by atoms with Gasteiger partial charge in [-0.1, -0.05) is 0 Å². The number of aliphatic hydroxyl groups is 1. The van der Waals surface area contributed by atoms with E-state index in [0.29, 0.717) is 18.7 Å². The van der Waals surface area contributed by atoms with Crippen LogP contribution < -0.4 is 5.32 Å². The fraction of sp³-hybridized carbons (Fsp3) is 0.385. The largest absolute Gasteiger partial charge is 0.391 e. The lowest BCUT2D eigenvalue weighted by molar-refractivity contribution is -0.114. The van der Waals surface area contributed by atoms with Crippen molar-refractivity contribution < 1.29 is 19.1 Å². The molecule has 19 heavy (non-hydrogen) atoms. The van der Waals surface area contributed by atoms with Gasteiger partial charge in [-0.05, 0) is 24.6 Å². The van der Waals surface area contributed by atoms with Gasteiger partial charge in [-0.2, -0.15) is 0 Å². The summed E-state index contributed by atoms with van der Waals surface area (Å²) in [5.74, 6) is -1.40. The molecule has 1 heterocycles. The van der Waals surface area contributed by atoms with Gasteiger partial charge in [0.25, 0.3) is 5.91 Å². The molecule has 1 atom stereocenters. The zero-order valence-electron chi connectivity index (χ0n) is 10.5. The van der Waals surface area contributed by atoms with Crippen molar-refractivity contribution in [3.8, 4) is 0 Å². The van der Waals surface area contributed by atoms with Crippen LogP contribution in [0, 0.1) is 5.82 Å². The number of halogens is 1. The molecule has 1 aromatic rings. The molecule has 0 aromatic heterocycles. The van der Waals surface area contributed by atoms with E-state index in [9.17, 15) is 19.1 Å². The molecule has 1 aliphatic heterocycles. The van der Waals surface area contributed by atoms with Crippen molar-refractivity contribution in [3.63, 3.8) is 0 Å². The highest BCUT2D eigenvalue weighted by atomic mass is 19.1. The molecule has 2 N–H and O–H groups in total. The first-order valence-corrected chi connectivity index (χ1v) is 6.02. The highest BCUT2D eigenvalue weighted by Crippen LogP contribution is 2.19. The normalized spacial score (nSPS) is 18.5. The van der Waals surface area contributed by atoms with E-state index >= 15 is 0 Å². The molecule has 2 amide bonds. The quantitative estimate of drug-likeness (QED) is 0.838. The fourth-order valence-electron chi connectivity index (χ4n) is 2.07. The molecule has 102 valence electrons. The second-order valence-corrected chi connectivity index (χ2v) is 4.57. The summed E-state index contributed by atoms with van der Waals surface area (Å²) in [5, 5.41) is 11.9. The Morgan fingerprint density at radius 1 is 1.47 bits per heavy atom. The smallest absolute Gasteiger partial charge is 0.256 e. The molecule has 0 radical (unpaired) electrons. The summed E-state index contributed by atoms with van der Waals surface area (Å²) in [6, 6.07) is 3.85. The van der Waals surface area contributed by atoms with Gasteiger partial charge in [0.1, 0.15) is 5.82 Å². The third-order valence-corrected chi connectivity index (χ3v) is 2.97. The van der Waals surface area contributed by atoms with Crippen LogP contribution in [0.4, 0.5) is 10.1 Å². The number of aliphatic hydroxyl groups excluding tert-OH is 1. The monoisotopic (exact) mass is 266 g/mol. The van der Waals surface area contributed by atoms with Crippen LogP contribution in [-0.4, -0.2) is 41.0 Å². The number of hydrogen-bond acceptors (Lipinski definition) is 3. The van der Waals surface area contributed by atoms with Gasteiger partial charge in [0.2, 0.25) is 5.91 Å². The molecular formula is C13H15FN2O3. The molecule has 1 aromatic carbocycles. The van der Waals surface area contributed by atoms with E-state index < -0.39 is 17.8 Å². The van der Waals surface area contributed by atoms with Crippen molar-refractivity contribution in [2.45, 2.75) is 19.4 Å². The summed E-state index contributed by atoms with van der Waals surface area (Å²) >= 11 is 0. The van der Waals surface area contributed by atoms with Crippen LogP contribution in [-0.2, 0) is 4.79 Å². The van der Waals surface area contributed by atoms with Crippen molar-refractivity contribution in [1.29, 1.82) is 0 Å². The van der Waals surface area contributed by atoms with E-state index in [0.717, 1.165) is 6.07 Å². The van der Waals surface area contributed by atoms with Crippen molar-refractivity contribution in [3.05, 3.63) is 29.6 Å². The summed E-state index contributed by atoms with van der Waals surface area (Å²) in [6.45, 7) is 1.95. The number of carbonyl (C=O) groups excluding carboxylic acids is 2. The first-order valence-electron chi connectivity index (χ1n) is 6.02. The fourth-order valence-corrected chi connectivity index (χ4v) is 2.07. The SMILES string of the molecule is CC(=O)Nc1ccc(F)c(C(=O)N2CC[C@@H](O)C2)c1. The number of hydrogen-bond donors (Lipinski definition) is 2. The summed E-state index contributed by atoms with van der Waals surface area (Å²) in [7, 11) is 0. The third kappa shape index (κ3) is 3.08. The Balaban J connectivity index is 2.22. The Kier molecular flexibility index (Phi) is 3.80. The lowest BCUT2D eigenvalue weighted by atomic mass is 10.1. The first-order chi connectivity index (χ1) is 8.97. The Bertz CT molecular complexity index is 519. The number of amides is 2. The van der Waals surface area contributed by atoms with Crippen molar-refractivity contribution in [2.75, 3.05) is 18.4 Å². The van der Waals surface area contributed by atoms with Gasteiger partial charge in [0.05, 0.1) is 11.7 Å². The molecule has 0 aliphatic carbocycles. The van der Waals surface area contributed by atoms with Crippen LogP contribution in [0.2, 0.25) is 0 Å². The van der Waals surface area contributed by atoms with Crippen LogP contribution >= 0.6 is 0 Å². The maximum Gasteiger partial charge on any atom is 0.256 e. The summed E-state index contributed by atoms with van der Waals surface area (Å²) in [5.41, 5.74) is 0.275. The molecule has 0 spiro atoms. The van der Waals surface area contributed by atoms with Gasteiger partial charge in [0.15, 0.2) is 0 Å². The summed E-state index contributed by atoms with van der Waals surface area (Å²) in [6.07, 6.45) is -0.0517. The lowest BCUT2D eigenvalue weighted by Crippen LogP contribution is -2.30. The molecule has 1 aliphatic rings. The molecule has 6 heteroatoms. The summed E-state index contributed by atoms with van der Waals surface area (Å²) < 4.78 is 13.7. The Labute approximate surface area is 110 Å². The number of rotatable bonds is 2. The molecule has 0 saturated carbocycles.